The van der Waals surface area contributed by atoms with Gasteiger partial charge in [0.25, 0.3) is 0 Å². The van der Waals surface area contributed by atoms with Crippen molar-refractivity contribution in [3.63, 3.8) is 0 Å². The number of aliphatic carboxylic acids is 1. The zero-order valence-corrected chi connectivity index (χ0v) is 16.7. The number of hydrogen-bond acceptors (Lipinski definition) is 6. The molecule has 0 bridgehead atoms. The summed E-state index contributed by atoms with van der Waals surface area (Å²) in [5.74, 6) is -0.797. The minimum atomic E-state index is -1.17. The van der Waals surface area contributed by atoms with E-state index in [1.165, 1.54) is 0 Å². The molecule has 2 aromatic rings. The molecule has 0 atom stereocenters. The summed E-state index contributed by atoms with van der Waals surface area (Å²) >= 11 is 7.25. The molecule has 0 aliphatic carbocycles. The van der Waals surface area contributed by atoms with Gasteiger partial charge in [-0.3, -0.25) is 4.79 Å². The molecule has 0 saturated heterocycles. The predicted molar refractivity (Wildman–Crippen MR) is 103 cm³/mol. The maximum atomic E-state index is 11.9. The molecule has 1 aromatic heterocycles. The summed E-state index contributed by atoms with van der Waals surface area (Å²) in [6, 6.07) is 3.37. The fourth-order valence-corrected chi connectivity index (χ4v) is 3.84. The van der Waals surface area contributed by atoms with Gasteiger partial charge in [0.2, 0.25) is 6.79 Å². The molecular weight excluding hydrogens is 408 g/mol. The Balaban J connectivity index is 2.02. The van der Waals surface area contributed by atoms with Gasteiger partial charge >= 0.3 is 11.9 Å². The van der Waals surface area contributed by atoms with Crippen molar-refractivity contribution in [2.45, 2.75) is 37.8 Å². The number of unbranched alkanes of at least 4 members (excludes halogenated alkanes) is 1. The number of rotatable bonds is 9. The number of halogens is 1. The lowest BCUT2D eigenvalue weighted by molar-refractivity contribution is -0.133. The Hall–Kier alpha value is -2.39. The molecule has 0 spiro atoms. The van der Waals surface area contributed by atoms with Crippen LogP contribution in [0.5, 0.6) is 11.5 Å². The highest BCUT2D eigenvalue weighted by atomic mass is 35.5. The second kappa shape index (κ2) is 8.74. The monoisotopic (exact) mass is 426 g/mol. The zero-order valence-electron chi connectivity index (χ0n) is 15.1. The molecule has 10 heteroatoms. The maximum Gasteiger partial charge on any atom is 0.355 e. The van der Waals surface area contributed by atoms with Gasteiger partial charge in [0.15, 0.2) is 17.2 Å². The number of benzene rings is 1. The van der Waals surface area contributed by atoms with Gasteiger partial charge in [-0.15, -0.1) is 0 Å². The minimum Gasteiger partial charge on any atom is -0.481 e. The molecule has 0 radical (unpaired) electrons. The number of carboxylic acid groups (broad SMARTS) is 2. The van der Waals surface area contributed by atoms with E-state index >= 15 is 0 Å². The highest BCUT2D eigenvalue weighted by Gasteiger charge is 2.25. The molecular formula is C18H19ClN2O6S. The van der Waals surface area contributed by atoms with Gasteiger partial charge in [-0.25, -0.2) is 9.78 Å². The number of nitrogens with zero attached hydrogens (tertiary/aromatic N) is 2. The molecule has 3 rings (SSSR count). The van der Waals surface area contributed by atoms with Crippen LogP contribution in [-0.4, -0.2) is 44.2 Å². The normalized spacial score (nSPS) is 12.4. The van der Waals surface area contributed by atoms with Crippen LogP contribution in [0.3, 0.4) is 0 Å². The molecule has 150 valence electrons. The van der Waals surface area contributed by atoms with Crippen LogP contribution < -0.4 is 9.47 Å². The lowest BCUT2D eigenvalue weighted by atomic mass is 10.2. The van der Waals surface area contributed by atoms with E-state index in [2.05, 4.69) is 4.98 Å². The Morgan fingerprint density at radius 3 is 2.64 bits per heavy atom. The first-order chi connectivity index (χ1) is 13.4. The van der Waals surface area contributed by atoms with Crippen molar-refractivity contribution in [3.05, 3.63) is 34.2 Å². The van der Waals surface area contributed by atoms with Crippen LogP contribution in [0, 0.1) is 0 Å². The number of aromatic nitrogens is 2. The molecule has 28 heavy (non-hydrogen) atoms. The molecule has 8 nitrogen and oxygen atoms in total. The SMILES string of the molecule is CCCCc1nc(SCC(=O)O)c(C(=O)O)n1Cc1cc2c(cc1Cl)OCO2. The summed E-state index contributed by atoms with van der Waals surface area (Å²) in [5.41, 5.74) is 0.629. The zero-order chi connectivity index (χ0) is 20.3. The number of imidazole rings is 1. The summed E-state index contributed by atoms with van der Waals surface area (Å²) in [7, 11) is 0. The van der Waals surface area contributed by atoms with Crippen LogP contribution in [0.2, 0.25) is 5.02 Å². The van der Waals surface area contributed by atoms with Gasteiger partial charge in [0.1, 0.15) is 10.9 Å². The molecule has 0 saturated carbocycles. The van der Waals surface area contributed by atoms with Gasteiger partial charge in [0.05, 0.1) is 12.3 Å². The second-order valence-electron chi connectivity index (χ2n) is 6.16. The van der Waals surface area contributed by atoms with Gasteiger partial charge in [-0.2, -0.15) is 0 Å². The van der Waals surface area contributed by atoms with E-state index in [0.29, 0.717) is 34.3 Å². The predicted octanol–water partition coefficient (Wildman–Crippen LogP) is 3.53. The van der Waals surface area contributed by atoms with Crippen molar-refractivity contribution < 1.29 is 29.3 Å². The maximum absolute atomic E-state index is 11.9. The summed E-state index contributed by atoms with van der Waals surface area (Å²) in [6.45, 7) is 2.31. The topological polar surface area (TPSA) is 111 Å². The van der Waals surface area contributed by atoms with Crippen LogP contribution in [0.15, 0.2) is 17.2 Å². The first-order valence-corrected chi connectivity index (χ1v) is 10.0. The van der Waals surface area contributed by atoms with E-state index in [1.807, 2.05) is 6.92 Å². The average Bonchev–Trinajstić information content (AvgIpc) is 3.22. The minimum absolute atomic E-state index is 0.0360. The Morgan fingerprint density at radius 2 is 2.00 bits per heavy atom. The second-order valence-corrected chi connectivity index (χ2v) is 7.53. The number of ether oxygens (including phenoxy) is 2. The van der Waals surface area contributed by atoms with Crippen LogP contribution in [0.25, 0.3) is 0 Å². The van der Waals surface area contributed by atoms with Crippen molar-refractivity contribution in [2.75, 3.05) is 12.5 Å². The van der Waals surface area contributed by atoms with E-state index in [-0.39, 0.29) is 29.8 Å². The van der Waals surface area contributed by atoms with Gasteiger partial charge in [-0.05, 0) is 18.1 Å². The third-order valence-electron chi connectivity index (χ3n) is 4.17. The molecule has 1 aliphatic rings. The van der Waals surface area contributed by atoms with E-state index in [9.17, 15) is 14.7 Å². The number of hydrogen-bond donors (Lipinski definition) is 2. The smallest absolute Gasteiger partial charge is 0.355 e. The van der Waals surface area contributed by atoms with E-state index in [0.717, 1.165) is 24.6 Å². The summed E-state index contributed by atoms with van der Waals surface area (Å²) in [5, 5.41) is 19.3. The standard InChI is InChI=1S/C18H19ClN2O6S/c1-2-3-4-14-20-17(28-8-15(22)23)16(18(24)25)21(14)7-10-5-12-13(6-11(10)19)27-9-26-12/h5-6H,2-4,7-9H2,1H3,(H,22,23)(H,24,25). The van der Waals surface area contributed by atoms with Gasteiger partial charge < -0.3 is 24.3 Å². The number of fused-ring (bicyclic) bond motifs is 1. The lowest BCUT2D eigenvalue weighted by Gasteiger charge is -2.12. The van der Waals surface area contributed by atoms with Gasteiger partial charge in [0, 0.05) is 17.5 Å². The highest BCUT2D eigenvalue weighted by molar-refractivity contribution is 7.99. The number of carboxylic acids is 2. The fraction of sp³-hybridized carbons (Fsp3) is 0.389. The van der Waals surface area contributed by atoms with E-state index < -0.39 is 11.9 Å². The van der Waals surface area contributed by atoms with Crippen molar-refractivity contribution in [1.29, 1.82) is 0 Å². The summed E-state index contributed by atoms with van der Waals surface area (Å²) < 4.78 is 12.3. The molecule has 0 fully saturated rings. The molecule has 2 heterocycles. The van der Waals surface area contributed by atoms with Gasteiger partial charge in [-0.1, -0.05) is 36.7 Å². The molecule has 0 amide bonds. The highest BCUT2D eigenvalue weighted by Crippen LogP contribution is 2.37. The Labute approximate surface area is 170 Å². The number of carbonyl (C=O) groups is 2. The molecule has 2 N–H and O–H groups in total. The average molecular weight is 427 g/mol. The quantitative estimate of drug-likeness (QED) is 0.586. The number of aromatic carboxylic acids is 1. The summed E-state index contributed by atoms with van der Waals surface area (Å²) in [4.78, 5) is 27.3. The third kappa shape index (κ3) is 4.36. The molecule has 0 unspecified atom stereocenters. The van der Waals surface area contributed by atoms with Crippen molar-refractivity contribution >= 4 is 35.3 Å². The van der Waals surface area contributed by atoms with Crippen LogP contribution in [0.1, 0.15) is 41.6 Å². The third-order valence-corrected chi connectivity index (χ3v) is 5.47. The fourth-order valence-electron chi connectivity index (χ4n) is 2.86. The lowest BCUT2D eigenvalue weighted by Crippen LogP contribution is -2.13. The van der Waals surface area contributed by atoms with Crippen molar-refractivity contribution in [1.82, 2.24) is 9.55 Å². The van der Waals surface area contributed by atoms with Crippen LogP contribution >= 0.6 is 23.4 Å². The molecule has 1 aromatic carbocycles. The number of aryl methyl sites for hydroxylation is 1. The Morgan fingerprint density at radius 1 is 1.29 bits per heavy atom. The van der Waals surface area contributed by atoms with Crippen LogP contribution in [0.4, 0.5) is 0 Å². The largest absolute Gasteiger partial charge is 0.481 e. The van der Waals surface area contributed by atoms with Crippen molar-refractivity contribution in [2.24, 2.45) is 0 Å². The Bertz CT molecular complexity index is 914. The number of thioether (sulfide) groups is 1. The van der Waals surface area contributed by atoms with E-state index in [4.69, 9.17) is 26.2 Å². The first-order valence-electron chi connectivity index (χ1n) is 8.66. The Kier molecular flexibility index (Phi) is 6.35. The van der Waals surface area contributed by atoms with E-state index in [1.54, 1.807) is 16.7 Å². The van der Waals surface area contributed by atoms with Crippen LogP contribution in [-0.2, 0) is 17.8 Å². The van der Waals surface area contributed by atoms with Crippen molar-refractivity contribution in [3.8, 4) is 11.5 Å². The summed E-state index contributed by atoms with van der Waals surface area (Å²) in [6.07, 6.45) is 2.32. The first kappa shape index (κ1) is 20.3. The molecule has 1 aliphatic heterocycles.